The van der Waals surface area contributed by atoms with Gasteiger partial charge < -0.3 is 15.5 Å². The Morgan fingerprint density at radius 2 is 1.67 bits per heavy atom. The molecule has 0 aromatic heterocycles. The summed E-state index contributed by atoms with van der Waals surface area (Å²) in [5, 5.41) is 11.1. The lowest BCUT2D eigenvalue weighted by Crippen LogP contribution is -2.40. The molecule has 6 N–H and O–H groups in total. The molecule has 9 nitrogen and oxygen atoms in total. The van der Waals surface area contributed by atoms with Crippen molar-refractivity contribution in [3.8, 4) is 5.75 Å². The van der Waals surface area contributed by atoms with E-state index in [0.717, 1.165) is 23.2 Å². The van der Waals surface area contributed by atoms with Crippen LogP contribution in [-0.4, -0.2) is 27.7 Å². The minimum Gasteiger partial charge on any atom is -0.390 e. The number of carbonyl (C=O) groups is 1. The molecule has 174 valence electrons. The molecule has 1 atom stereocenters. The lowest BCUT2D eigenvalue weighted by molar-refractivity contribution is -0.129. The fourth-order valence-electron chi connectivity index (χ4n) is 3.11. The second kappa shape index (κ2) is 11.7. The number of aryl methyl sites for hydroxylation is 1. The van der Waals surface area contributed by atoms with Gasteiger partial charge in [-0.1, -0.05) is 54.6 Å². The summed E-state index contributed by atoms with van der Waals surface area (Å²) >= 11 is 0. The van der Waals surface area contributed by atoms with Crippen LogP contribution in [0.15, 0.2) is 83.8 Å². The van der Waals surface area contributed by atoms with Gasteiger partial charge in [0.05, 0.1) is 6.34 Å². The van der Waals surface area contributed by atoms with Gasteiger partial charge in [-0.25, -0.2) is 13.6 Å². The Balaban J connectivity index is 0.00000122. The van der Waals surface area contributed by atoms with Gasteiger partial charge in [0.2, 0.25) is 10.0 Å². The highest BCUT2D eigenvalue weighted by Crippen LogP contribution is 2.27. The normalized spacial score (nSPS) is 11.4. The maximum Gasteiger partial charge on any atom is 0.279 e. The molecule has 0 saturated carbocycles. The molecular formula is C23H27N5O4S. The Bertz CT molecular complexity index is 1190. The number of para-hydroxylation sites is 1. The van der Waals surface area contributed by atoms with Gasteiger partial charge >= 0.3 is 0 Å². The number of nitrogens with zero attached hydrogens (tertiary/aromatic N) is 1. The van der Waals surface area contributed by atoms with Crippen molar-refractivity contribution in [1.29, 1.82) is 5.41 Å². The molecule has 3 aromatic rings. The van der Waals surface area contributed by atoms with Crippen LogP contribution in [0.2, 0.25) is 0 Å². The lowest BCUT2D eigenvalue weighted by atomic mass is 10.0. The zero-order valence-electron chi connectivity index (χ0n) is 18.3. The van der Waals surface area contributed by atoms with Crippen LogP contribution in [0.3, 0.4) is 0 Å². The zero-order valence-corrected chi connectivity index (χ0v) is 19.1. The van der Waals surface area contributed by atoms with Crippen molar-refractivity contribution in [2.24, 2.45) is 10.9 Å². The first-order valence-corrected chi connectivity index (χ1v) is 11.4. The van der Waals surface area contributed by atoms with Gasteiger partial charge in [0.15, 0.2) is 5.75 Å². The van der Waals surface area contributed by atoms with Crippen molar-refractivity contribution >= 4 is 28.0 Å². The van der Waals surface area contributed by atoms with Crippen molar-refractivity contribution in [2.75, 3.05) is 11.9 Å². The molecule has 3 aromatic carbocycles. The molecule has 33 heavy (non-hydrogen) atoms. The Morgan fingerprint density at radius 3 is 2.27 bits per heavy atom. The number of anilines is 1. The topological polar surface area (TPSA) is 152 Å². The van der Waals surface area contributed by atoms with E-state index in [2.05, 4.69) is 11.2 Å². The number of benzene rings is 3. The number of rotatable bonds is 7. The molecule has 0 aliphatic rings. The smallest absolute Gasteiger partial charge is 0.279 e. The first kappa shape index (κ1) is 25.4. The van der Waals surface area contributed by atoms with E-state index < -0.39 is 22.0 Å². The zero-order chi connectivity index (χ0) is 24.4. The highest BCUT2D eigenvalue weighted by Gasteiger charge is 2.27. The Hall–Kier alpha value is -3.89. The van der Waals surface area contributed by atoms with Gasteiger partial charge in [-0.05, 0) is 42.3 Å². The third kappa shape index (κ3) is 7.06. The molecule has 0 aliphatic heterocycles. The number of hydrogen-bond donors (Lipinski definition) is 4. The molecule has 0 aliphatic carbocycles. The van der Waals surface area contributed by atoms with Crippen LogP contribution in [-0.2, 0) is 14.8 Å². The molecule has 10 heteroatoms. The molecule has 0 fully saturated rings. The number of hydroxylamine groups is 1. The predicted octanol–water partition coefficient (Wildman–Crippen LogP) is 2.48. The number of amides is 1. The van der Waals surface area contributed by atoms with E-state index in [1.54, 1.807) is 6.07 Å². The van der Waals surface area contributed by atoms with Crippen LogP contribution in [0.1, 0.15) is 17.2 Å². The maximum absolute atomic E-state index is 13.1. The number of likely N-dealkylation sites (N-methyl/N-ethyl adjacent to an activating group) is 1. The van der Waals surface area contributed by atoms with Gasteiger partial charge in [0.1, 0.15) is 10.9 Å². The predicted molar refractivity (Wildman–Crippen MR) is 128 cm³/mol. The van der Waals surface area contributed by atoms with E-state index in [-0.39, 0.29) is 10.6 Å². The minimum atomic E-state index is -4.00. The molecule has 0 radical (unpaired) electrons. The second-order valence-corrected chi connectivity index (χ2v) is 8.52. The molecule has 0 saturated heterocycles. The molecule has 3 rings (SSSR count). The largest absolute Gasteiger partial charge is 0.390 e. The average molecular weight is 470 g/mol. The summed E-state index contributed by atoms with van der Waals surface area (Å²) in [6.07, 6.45) is 0.750. The van der Waals surface area contributed by atoms with Crippen LogP contribution in [0.4, 0.5) is 5.69 Å². The number of nitrogens with one attached hydrogen (secondary N) is 2. The van der Waals surface area contributed by atoms with Crippen molar-refractivity contribution in [1.82, 2.24) is 5.48 Å². The van der Waals surface area contributed by atoms with E-state index in [0.29, 0.717) is 0 Å². The molecule has 1 amide bonds. The Morgan fingerprint density at radius 1 is 1.06 bits per heavy atom. The fourth-order valence-corrected chi connectivity index (χ4v) is 3.77. The molecule has 1 unspecified atom stereocenters. The SMILES string of the molecule is Cc1cccc(N(C)C(C(=O)NOc2ccccc2S(N)(=O)=O)c2ccccc2)c1.N=CN. The second-order valence-electron chi connectivity index (χ2n) is 6.99. The molecule has 0 spiro atoms. The third-order valence-electron chi connectivity index (χ3n) is 4.58. The summed E-state index contributed by atoms with van der Waals surface area (Å²) in [4.78, 5) is 20.1. The third-order valence-corrected chi connectivity index (χ3v) is 5.53. The molecule has 0 bridgehead atoms. The van der Waals surface area contributed by atoms with Gasteiger partial charge in [-0.15, -0.1) is 0 Å². The summed E-state index contributed by atoms with van der Waals surface area (Å²) < 4.78 is 23.5. The lowest BCUT2D eigenvalue weighted by Gasteiger charge is -2.29. The summed E-state index contributed by atoms with van der Waals surface area (Å²) in [5.41, 5.74) is 9.43. The van der Waals surface area contributed by atoms with Gasteiger partial charge in [0.25, 0.3) is 5.91 Å². The minimum absolute atomic E-state index is 0.0571. The average Bonchev–Trinajstić information content (AvgIpc) is 2.78. The van der Waals surface area contributed by atoms with Crippen molar-refractivity contribution in [3.05, 3.63) is 90.0 Å². The highest BCUT2D eigenvalue weighted by atomic mass is 32.2. The van der Waals surface area contributed by atoms with Crippen LogP contribution in [0.25, 0.3) is 0 Å². The highest BCUT2D eigenvalue weighted by molar-refractivity contribution is 7.89. The molecular weight excluding hydrogens is 442 g/mol. The number of carbonyl (C=O) groups excluding carboxylic acids is 1. The van der Waals surface area contributed by atoms with Crippen LogP contribution >= 0.6 is 0 Å². The fraction of sp³-hybridized carbons (Fsp3) is 0.130. The number of sulfonamides is 1. The van der Waals surface area contributed by atoms with Crippen molar-refractivity contribution in [3.63, 3.8) is 0 Å². The summed E-state index contributed by atoms with van der Waals surface area (Å²) in [6.45, 7) is 1.97. The van der Waals surface area contributed by atoms with Crippen LogP contribution < -0.4 is 26.1 Å². The van der Waals surface area contributed by atoms with E-state index in [1.807, 2.05) is 73.5 Å². The summed E-state index contributed by atoms with van der Waals surface area (Å²) in [6, 6.07) is 22.1. The van der Waals surface area contributed by atoms with E-state index in [1.165, 1.54) is 18.2 Å². The number of hydrogen-bond acceptors (Lipinski definition) is 6. The first-order chi connectivity index (χ1) is 15.7. The Labute approximate surface area is 193 Å². The van der Waals surface area contributed by atoms with E-state index >= 15 is 0 Å². The Kier molecular flexibility index (Phi) is 8.96. The van der Waals surface area contributed by atoms with Crippen LogP contribution in [0, 0.1) is 12.3 Å². The van der Waals surface area contributed by atoms with Gasteiger partial charge in [0, 0.05) is 12.7 Å². The van der Waals surface area contributed by atoms with Crippen LogP contribution in [0.5, 0.6) is 5.75 Å². The van der Waals surface area contributed by atoms with Gasteiger partial charge in [-0.3, -0.25) is 10.2 Å². The monoisotopic (exact) mass is 469 g/mol. The maximum atomic E-state index is 13.1. The summed E-state index contributed by atoms with van der Waals surface area (Å²) in [7, 11) is -2.19. The van der Waals surface area contributed by atoms with E-state index in [9.17, 15) is 13.2 Å². The first-order valence-electron chi connectivity index (χ1n) is 9.82. The van der Waals surface area contributed by atoms with E-state index in [4.69, 9.17) is 15.4 Å². The van der Waals surface area contributed by atoms with Crippen molar-refractivity contribution < 1.29 is 18.0 Å². The van der Waals surface area contributed by atoms with Gasteiger partial charge in [-0.2, -0.15) is 5.48 Å². The van der Waals surface area contributed by atoms with Crippen molar-refractivity contribution in [2.45, 2.75) is 17.9 Å². The quantitative estimate of drug-likeness (QED) is 0.237. The number of nitrogens with two attached hydrogens (primary N) is 2. The standard InChI is InChI=1S/C22H23N3O4S.CH4N2/c1-16-9-8-12-18(15-16)25(2)21(17-10-4-3-5-11-17)22(26)24-29-19-13-6-7-14-20(19)30(23,27)28;2-1-3/h3-15,21H,1-2H3,(H,24,26)(H2,23,27,28);1H,(H3,2,3). The number of primary sulfonamides is 1. The molecule has 0 heterocycles. The summed E-state index contributed by atoms with van der Waals surface area (Å²) in [5.74, 6) is -0.521.